The van der Waals surface area contributed by atoms with Gasteiger partial charge in [-0.3, -0.25) is 0 Å². The summed E-state index contributed by atoms with van der Waals surface area (Å²) in [5, 5.41) is 1.57. The van der Waals surface area contributed by atoms with E-state index in [2.05, 4.69) is 37.3 Å². The number of hydrogen-bond acceptors (Lipinski definition) is 0. The van der Waals surface area contributed by atoms with Crippen molar-refractivity contribution in [2.75, 3.05) is 0 Å². The van der Waals surface area contributed by atoms with Gasteiger partial charge in [0.1, 0.15) is 0 Å². The fourth-order valence-corrected chi connectivity index (χ4v) is 5.66. The van der Waals surface area contributed by atoms with E-state index in [0.717, 1.165) is 8.13 Å². The summed E-state index contributed by atoms with van der Waals surface area (Å²) in [5.74, 6) is 0. The van der Waals surface area contributed by atoms with Gasteiger partial charge < -0.3 is 0 Å². The van der Waals surface area contributed by atoms with Crippen LogP contribution in [0.3, 0.4) is 0 Å². The first-order valence-electron chi connectivity index (χ1n) is 4.72. The molecule has 0 saturated carbocycles. The largest absolute Gasteiger partial charge is 0.110 e. The zero-order valence-corrected chi connectivity index (χ0v) is 10.1. The monoisotopic (exact) mass is 196 g/mol. The van der Waals surface area contributed by atoms with Crippen molar-refractivity contribution in [3.8, 4) is 0 Å². The summed E-state index contributed by atoms with van der Waals surface area (Å²) in [6, 6.07) is 12.5. The smallest absolute Gasteiger partial charge is 0.0508 e. The van der Waals surface area contributed by atoms with Gasteiger partial charge in [0.2, 0.25) is 0 Å². The molecule has 0 spiro atoms. The maximum Gasteiger partial charge on any atom is 0.0508 e. The van der Waals surface area contributed by atoms with Crippen LogP contribution in [0.25, 0.3) is 0 Å². The molecule has 1 rings (SSSR count). The lowest BCUT2D eigenvalue weighted by molar-refractivity contribution is 0.882. The van der Waals surface area contributed by atoms with Gasteiger partial charge in [0.05, 0.1) is 9.19 Å². The minimum Gasteiger partial charge on any atom is -0.110 e. The van der Waals surface area contributed by atoms with Crippen LogP contribution >= 0.6 is 8.13 Å². The molecular weight excluding hydrogens is 179 g/mol. The van der Waals surface area contributed by atoms with E-state index in [0.29, 0.717) is 0 Å². The zero-order chi connectivity index (χ0) is 8.65. The third kappa shape index (κ3) is 4.03. The fourth-order valence-electron chi connectivity index (χ4n) is 1.16. The van der Waals surface area contributed by atoms with E-state index in [-0.39, 0.29) is 9.19 Å². The molecule has 0 bridgehead atoms. The van der Waals surface area contributed by atoms with Gasteiger partial charge in [-0.15, -0.1) is 8.13 Å². The van der Waals surface area contributed by atoms with E-state index in [1.807, 2.05) is 0 Å². The van der Waals surface area contributed by atoms with Gasteiger partial charge in [-0.05, 0) is 5.30 Å². The van der Waals surface area contributed by atoms with Crippen LogP contribution in [0.1, 0.15) is 19.8 Å². The highest BCUT2D eigenvalue weighted by molar-refractivity contribution is 7.77. The Morgan fingerprint density at radius 1 is 1.25 bits per heavy atom. The molecule has 1 aromatic carbocycles. The van der Waals surface area contributed by atoms with Gasteiger partial charge in [-0.25, -0.2) is 0 Å². The van der Waals surface area contributed by atoms with Crippen molar-refractivity contribution in [2.45, 2.75) is 25.8 Å². The Labute approximate surface area is 79.2 Å². The minimum absolute atomic E-state index is 0.230. The molecule has 0 fully saturated rings. The van der Waals surface area contributed by atoms with Crippen molar-refractivity contribution in [2.24, 2.45) is 0 Å². The highest BCUT2D eigenvalue weighted by Crippen LogP contribution is 2.10. The van der Waals surface area contributed by atoms with Crippen molar-refractivity contribution >= 4 is 22.6 Å². The Morgan fingerprint density at radius 3 is 2.67 bits per heavy atom. The van der Waals surface area contributed by atoms with Gasteiger partial charge in [0, 0.05) is 0 Å². The van der Waals surface area contributed by atoms with Gasteiger partial charge in [0.15, 0.2) is 0 Å². The van der Waals surface area contributed by atoms with Crippen LogP contribution in [0.2, 0.25) is 6.04 Å². The second kappa shape index (κ2) is 6.39. The maximum atomic E-state index is 2.28. The highest BCUT2D eigenvalue weighted by atomic mass is 31.3. The third-order valence-corrected chi connectivity index (χ3v) is 6.76. The Kier molecular flexibility index (Phi) is 5.30. The van der Waals surface area contributed by atoms with Gasteiger partial charge >= 0.3 is 0 Å². The Morgan fingerprint density at radius 2 is 2.00 bits per heavy atom. The number of hydrogen-bond donors (Lipinski definition) is 0. The zero-order valence-electron chi connectivity index (χ0n) is 7.72. The van der Waals surface area contributed by atoms with Crippen molar-refractivity contribution in [3.63, 3.8) is 0 Å². The van der Waals surface area contributed by atoms with Crippen molar-refractivity contribution < 1.29 is 0 Å². The summed E-state index contributed by atoms with van der Waals surface area (Å²) >= 11 is 0. The summed E-state index contributed by atoms with van der Waals surface area (Å²) < 4.78 is 0. The van der Waals surface area contributed by atoms with E-state index in [1.165, 1.54) is 18.9 Å². The maximum absolute atomic E-state index is 2.28. The van der Waals surface area contributed by atoms with E-state index in [4.69, 9.17) is 0 Å². The number of benzene rings is 1. The van der Waals surface area contributed by atoms with E-state index in [1.54, 1.807) is 5.30 Å². The molecule has 1 atom stereocenters. The molecule has 0 nitrogen and oxygen atoms in total. The number of unbranched alkanes of at least 4 members (excludes halogenated alkanes) is 1. The SMILES string of the molecule is CCCC[SiH2]Pc1ccccc1. The molecule has 0 aliphatic carbocycles. The highest BCUT2D eigenvalue weighted by Gasteiger charge is 1.91. The standard InChI is InChI=1S/C10H17PSi/c1-2-3-9-12-11-10-7-5-4-6-8-10/h4-8,11H,2-3,9,12H2,1H3. The second-order valence-electron chi connectivity index (χ2n) is 3.00. The Bertz CT molecular complexity index is 198. The molecule has 12 heavy (non-hydrogen) atoms. The first-order valence-corrected chi connectivity index (χ1v) is 9.05. The average molecular weight is 196 g/mol. The quantitative estimate of drug-likeness (QED) is 0.385. The lowest BCUT2D eigenvalue weighted by Gasteiger charge is -1.99. The molecule has 1 aromatic rings. The summed E-state index contributed by atoms with van der Waals surface area (Å²) in [5.41, 5.74) is 0. The molecular formula is C10H17PSi. The lowest BCUT2D eigenvalue weighted by Crippen LogP contribution is -1.94. The van der Waals surface area contributed by atoms with Crippen molar-refractivity contribution in [1.29, 1.82) is 0 Å². The molecule has 0 aliphatic rings. The summed E-state index contributed by atoms with van der Waals surface area (Å²) in [4.78, 5) is 0. The summed E-state index contributed by atoms with van der Waals surface area (Å²) in [6.07, 6.45) is 2.82. The average Bonchev–Trinajstić information content (AvgIpc) is 2.14. The lowest BCUT2D eigenvalue weighted by atomic mass is 10.4. The molecule has 0 aromatic heterocycles. The minimum atomic E-state index is 0.230. The molecule has 1 unspecified atom stereocenters. The van der Waals surface area contributed by atoms with Crippen LogP contribution in [0, 0.1) is 0 Å². The van der Waals surface area contributed by atoms with Crippen LogP contribution in [0.5, 0.6) is 0 Å². The number of rotatable bonds is 5. The normalized spacial score (nSPS) is 12.1. The Hall–Kier alpha value is -0.133. The molecule has 0 heterocycles. The van der Waals surface area contributed by atoms with Gasteiger partial charge in [0.25, 0.3) is 0 Å². The van der Waals surface area contributed by atoms with Crippen molar-refractivity contribution in [1.82, 2.24) is 0 Å². The molecule has 66 valence electrons. The second-order valence-corrected chi connectivity index (χ2v) is 7.70. The van der Waals surface area contributed by atoms with Crippen LogP contribution in [0.4, 0.5) is 0 Å². The summed E-state index contributed by atoms with van der Waals surface area (Å²) in [7, 11) is 1.38. The first kappa shape index (κ1) is 9.95. The predicted molar refractivity (Wildman–Crippen MR) is 62.7 cm³/mol. The van der Waals surface area contributed by atoms with E-state index < -0.39 is 0 Å². The van der Waals surface area contributed by atoms with Crippen molar-refractivity contribution in [3.05, 3.63) is 30.3 Å². The van der Waals surface area contributed by atoms with Crippen LogP contribution in [-0.4, -0.2) is 9.19 Å². The van der Waals surface area contributed by atoms with Gasteiger partial charge in [-0.1, -0.05) is 56.1 Å². The summed E-state index contributed by atoms with van der Waals surface area (Å²) in [6.45, 7) is 2.28. The predicted octanol–water partition coefficient (Wildman–Crippen LogP) is 2.29. The van der Waals surface area contributed by atoms with E-state index in [9.17, 15) is 0 Å². The topological polar surface area (TPSA) is 0 Å². The molecule has 0 saturated heterocycles. The van der Waals surface area contributed by atoms with Gasteiger partial charge in [-0.2, -0.15) is 0 Å². The molecule has 0 aliphatic heterocycles. The third-order valence-electron chi connectivity index (χ3n) is 1.88. The molecule has 2 heteroatoms. The van der Waals surface area contributed by atoms with Crippen LogP contribution in [0.15, 0.2) is 30.3 Å². The van der Waals surface area contributed by atoms with Crippen LogP contribution in [-0.2, 0) is 0 Å². The first-order chi connectivity index (χ1) is 5.93. The van der Waals surface area contributed by atoms with E-state index >= 15 is 0 Å². The Balaban J connectivity index is 2.16. The fraction of sp³-hybridized carbons (Fsp3) is 0.400. The molecule has 0 radical (unpaired) electrons. The molecule has 0 amide bonds. The van der Waals surface area contributed by atoms with Crippen LogP contribution < -0.4 is 5.30 Å². The molecule has 0 N–H and O–H groups in total.